The molecule has 0 aliphatic heterocycles. The lowest BCUT2D eigenvalue weighted by molar-refractivity contribution is 0.101. The van der Waals surface area contributed by atoms with Gasteiger partial charge in [0.25, 0.3) is 0 Å². The number of Topliss-reactive ketones (excluding diaryl/α,β-unsaturated/α-hetero) is 1. The minimum Gasteiger partial charge on any atom is -0.293 e. The summed E-state index contributed by atoms with van der Waals surface area (Å²) >= 11 is 5.00. The monoisotopic (exact) mass is 269 g/mol. The molecule has 0 aliphatic rings. The molecule has 4 heteroatoms. The normalized spacial score (nSPS) is 10.8. The van der Waals surface area contributed by atoms with Crippen molar-refractivity contribution in [1.29, 1.82) is 0 Å². The molecule has 14 heavy (non-hydrogen) atoms. The number of carbonyl (C=O) groups excluding carboxylic acids is 1. The van der Waals surface area contributed by atoms with Crippen molar-refractivity contribution in [3.05, 3.63) is 27.3 Å². The zero-order valence-corrected chi connectivity index (χ0v) is 10.2. The van der Waals surface area contributed by atoms with Gasteiger partial charge in [-0.15, -0.1) is 11.3 Å². The number of thiophene rings is 1. The number of halogens is 1. The van der Waals surface area contributed by atoms with Crippen LogP contribution >= 0.6 is 27.3 Å². The summed E-state index contributed by atoms with van der Waals surface area (Å²) in [4.78, 5) is 15.6. The fourth-order valence-electron chi connectivity index (χ4n) is 1.37. The third-order valence-electron chi connectivity index (χ3n) is 1.97. The minimum absolute atomic E-state index is 0.0213. The molecule has 0 radical (unpaired) electrons. The Hall–Kier alpha value is -0.740. The molecule has 2 nitrogen and oxygen atoms in total. The third kappa shape index (κ3) is 1.48. The van der Waals surface area contributed by atoms with Gasteiger partial charge in [-0.25, -0.2) is 4.98 Å². The second-order valence-corrected chi connectivity index (χ2v) is 4.86. The molecule has 0 amide bonds. The lowest BCUT2D eigenvalue weighted by Gasteiger charge is -1.99. The minimum atomic E-state index is 0.0213. The molecule has 0 spiro atoms. The first-order chi connectivity index (χ1) is 6.59. The van der Waals surface area contributed by atoms with E-state index in [1.165, 1.54) is 0 Å². The second kappa shape index (κ2) is 3.44. The summed E-state index contributed by atoms with van der Waals surface area (Å²) in [5.74, 6) is 0.0213. The number of nitrogens with zero attached hydrogens (tertiary/aromatic N) is 1. The quantitative estimate of drug-likeness (QED) is 0.741. The molecule has 0 aliphatic carbocycles. The lowest BCUT2D eigenvalue weighted by atomic mass is 10.2. The Morgan fingerprint density at radius 3 is 2.93 bits per heavy atom. The first-order valence-electron chi connectivity index (χ1n) is 4.15. The van der Waals surface area contributed by atoms with Crippen molar-refractivity contribution < 1.29 is 4.79 Å². The molecule has 2 aromatic rings. The zero-order valence-electron chi connectivity index (χ0n) is 7.80. The summed E-state index contributed by atoms with van der Waals surface area (Å²) in [6, 6.07) is 1.99. The average molecular weight is 270 g/mol. The molecule has 0 N–H and O–H groups in total. The van der Waals surface area contributed by atoms with Crippen LogP contribution in [-0.4, -0.2) is 10.8 Å². The fraction of sp³-hybridized carbons (Fsp3) is 0.200. The smallest absolute Gasteiger partial charge is 0.179 e. The van der Waals surface area contributed by atoms with Crippen LogP contribution in [0.3, 0.4) is 0 Å². The molecule has 0 saturated carbocycles. The summed E-state index contributed by atoms with van der Waals surface area (Å²) in [6.45, 7) is 3.45. The van der Waals surface area contributed by atoms with E-state index >= 15 is 0 Å². The summed E-state index contributed by atoms with van der Waals surface area (Å²) in [7, 11) is 0. The van der Waals surface area contributed by atoms with Crippen molar-refractivity contribution in [2.45, 2.75) is 13.8 Å². The topological polar surface area (TPSA) is 30.0 Å². The number of rotatable bonds is 1. The van der Waals surface area contributed by atoms with Crippen LogP contribution in [0.4, 0.5) is 0 Å². The fourth-order valence-corrected chi connectivity index (χ4v) is 3.04. The molecule has 2 rings (SSSR count). The first kappa shape index (κ1) is 9.80. The molecule has 0 aromatic carbocycles. The Kier molecular flexibility index (Phi) is 2.41. The number of pyridine rings is 1. The van der Waals surface area contributed by atoms with Crippen LogP contribution in [0.2, 0.25) is 0 Å². The molecule has 0 saturated heterocycles. The van der Waals surface area contributed by atoms with Crippen LogP contribution in [0.1, 0.15) is 23.1 Å². The standard InChI is InChI=1S/C10H8BrNOS/c1-5-3-7-8(11)4-14-10(7)9(12-5)6(2)13/h3-4H,1-2H3. The SMILES string of the molecule is CC(=O)c1nc(C)cc2c(Br)csc12. The van der Waals surface area contributed by atoms with Gasteiger partial charge in [0.1, 0.15) is 5.69 Å². The van der Waals surface area contributed by atoms with Crippen molar-refractivity contribution in [1.82, 2.24) is 4.98 Å². The molecule has 2 aromatic heterocycles. The number of fused-ring (bicyclic) bond motifs is 1. The van der Waals surface area contributed by atoms with Gasteiger partial charge in [-0.2, -0.15) is 0 Å². The van der Waals surface area contributed by atoms with Crippen LogP contribution < -0.4 is 0 Å². The molecule has 0 unspecified atom stereocenters. The van der Waals surface area contributed by atoms with Gasteiger partial charge >= 0.3 is 0 Å². The summed E-state index contributed by atoms with van der Waals surface area (Å²) < 4.78 is 2.00. The highest BCUT2D eigenvalue weighted by atomic mass is 79.9. The molecule has 0 atom stereocenters. The van der Waals surface area contributed by atoms with Crippen molar-refractivity contribution in [3.63, 3.8) is 0 Å². The van der Waals surface area contributed by atoms with E-state index in [2.05, 4.69) is 20.9 Å². The van der Waals surface area contributed by atoms with E-state index in [9.17, 15) is 4.79 Å². The molecule has 2 heterocycles. The van der Waals surface area contributed by atoms with Gasteiger partial charge in [0.15, 0.2) is 5.78 Å². The van der Waals surface area contributed by atoms with Gasteiger partial charge in [-0.1, -0.05) is 0 Å². The van der Waals surface area contributed by atoms with Gasteiger partial charge in [-0.05, 0) is 28.9 Å². The van der Waals surface area contributed by atoms with E-state index in [1.54, 1.807) is 18.3 Å². The average Bonchev–Trinajstić information content (AvgIpc) is 2.47. The van der Waals surface area contributed by atoms with Crippen LogP contribution in [0, 0.1) is 6.92 Å². The van der Waals surface area contributed by atoms with E-state index in [-0.39, 0.29) is 5.78 Å². The van der Waals surface area contributed by atoms with Crippen LogP contribution in [0.25, 0.3) is 10.1 Å². The second-order valence-electron chi connectivity index (χ2n) is 3.13. The number of aryl methyl sites for hydroxylation is 1. The largest absolute Gasteiger partial charge is 0.293 e. The highest BCUT2D eigenvalue weighted by molar-refractivity contribution is 9.10. The molecular weight excluding hydrogens is 262 g/mol. The number of aromatic nitrogens is 1. The lowest BCUT2D eigenvalue weighted by Crippen LogP contribution is -1.98. The zero-order chi connectivity index (χ0) is 10.3. The number of carbonyl (C=O) groups is 1. The molecule has 72 valence electrons. The first-order valence-corrected chi connectivity index (χ1v) is 5.82. The van der Waals surface area contributed by atoms with E-state index in [4.69, 9.17) is 0 Å². The van der Waals surface area contributed by atoms with Crippen molar-refractivity contribution >= 4 is 43.1 Å². The Labute approximate surface area is 94.1 Å². The van der Waals surface area contributed by atoms with E-state index in [0.717, 1.165) is 20.3 Å². The van der Waals surface area contributed by atoms with E-state index in [1.807, 2.05) is 18.4 Å². The van der Waals surface area contributed by atoms with Crippen LogP contribution in [0.15, 0.2) is 15.9 Å². The van der Waals surface area contributed by atoms with Gasteiger partial charge < -0.3 is 0 Å². The van der Waals surface area contributed by atoms with Crippen molar-refractivity contribution in [2.24, 2.45) is 0 Å². The molecule has 0 fully saturated rings. The maximum Gasteiger partial charge on any atom is 0.179 e. The van der Waals surface area contributed by atoms with Crippen molar-refractivity contribution in [2.75, 3.05) is 0 Å². The van der Waals surface area contributed by atoms with Crippen molar-refractivity contribution in [3.8, 4) is 0 Å². The van der Waals surface area contributed by atoms with Gasteiger partial charge in [0.2, 0.25) is 0 Å². The third-order valence-corrected chi connectivity index (χ3v) is 3.93. The Morgan fingerprint density at radius 1 is 1.57 bits per heavy atom. The molecule has 0 bridgehead atoms. The highest BCUT2D eigenvalue weighted by Crippen LogP contribution is 2.32. The predicted molar refractivity (Wildman–Crippen MR) is 62.1 cm³/mol. The van der Waals surface area contributed by atoms with Crippen LogP contribution in [0.5, 0.6) is 0 Å². The Morgan fingerprint density at radius 2 is 2.29 bits per heavy atom. The Bertz CT molecular complexity index is 518. The van der Waals surface area contributed by atoms with E-state index < -0.39 is 0 Å². The maximum atomic E-state index is 11.3. The van der Waals surface area contributed by atoms with Gasteiger partial charge in [0.05, 0.1) is 4.70 Å². The summed E-state index contributed by atoms with van der Waals surface area (Å²) in [5, 5.41) is 3.06. The maximum absolute atomic E-state index is 11.3. The number of hydrogen-bond donors (Lipinski definition) is 0. The summed E-state index contributed by atoms with van der Waals surface area (Å²) in [5.41, 5.74) is 1.46. The van der Waals surface area contributed by atoms with Crippen LogP contribution in [-0.2, 0) is 0 Å². The summed E-state index contributed by atoms with van der Waals surface area (Å²) in [6.07, 6.45) is 0. The highest BCUT2D eigenvalue weighted by Gasteiger charge is 2.12. The van der Waals surface area contributed by atoms with Gasteiger partial charge in [-0.3, -0.25) is 4.79 Å². The van der Waals surface area contributed by atoms with Gasteiger partial charge in [0, 0.05) is 27.9 Å². The predicted octanol–water partition coefficient (Wildman–Crippen LogP) is 3.57. The number of hydrogen-bond acceptors (Lipinski definition) is 3. The number of ketones is 1. The molecular formula is C10H8BrNOS. The van der Waals surface area contributed by atoms with E-state index in [0.29, 0.717) is 5.69 Å². The Balaban J connectivity index is 2.88.